The molecule has 0 radical (unpaired) electrons. The van der Waals surface area contributed by atoms with Crippen LogP contribution >= 0.6 is 28.3 Å². The smallest absolute Gasteiger partial charge is 0.325 e. The molecule has 2 aliphatic heterocycles. The van der Waals surface area contributed by atoms with Crippen LogP contribution in [0.3, 0.4) is 0 Å². The highest BCUT2D eigenvalue weighted by molar-refractivity contribution is 9.10. The van der Waals surface area contributed by atoms with E-state index in [9.17, 15) is 14.4 Å². The summed E-state index contributed by atoms with van der Waals surface area (Å²) in [6, 6.07) is 17.5. The van der Waals surface area contributed by atoms with E-state index in [2.05, 4.69) is 43.6 Å². The van der Waals surface area contributed by atoms with Crippen LogP contribution in [-0.2, 0) is 16.1 Å². The number of halogens is 2. The van der Waals surface area contributed by atoms with Gasteiger partial charge in [-0.25, -0.2) is 4.79 Å². The van der Waals surface area contributed by atoms with E-state index in [0.717, 1.165) is 54.5 Å². The van der Waals surface area contributed by atoms with Crippen molar-refractivity contribution in [2.75, 3.05) is 19.6 Å². The predicted octanol–water partition coefficient (Wildman–Crippen LogP) is 4.81. The van der Waals surface area contributed by atoms with Crippen LogP contribution < -0.4 is 10.6 Å². The van der Waals surface area contributed by atoms with E-state index in [4.69, 9.17) is 0 Å². The zero-order chi connectivity index (χ0) is 25.3. The molecule has 0 aromatic heterocycles. The van der Waals surface area contributed by atoms with E-state index in [0.29, 0.717) is 12.8 Å². The standard InChI is InChI=1S/C28H33BrN4O3.ClH/c1-27(12-13-27)24(34)30-23(21-5-3-2-4-6-21)11-16-32-17-14-28(15-18-32)25(35)33(26(36)31-28)19-20-7-9-22(29)10-8-20;/h2-10,23H,11-19H2,1H3,(H,30,34)(H,31,36);1H/t23-;/m0./s1. The lowest BCUT2D eigenvalue weighted by Crippen LogP contribution is -2.55. The molecule has 1 saturated carbocycles. The van der Waals surface area contributed by atoms with Crippen LogP contribution in [0, 0.1) is 5.41 Å². The fourth-order valence-electron chi connectivity index (χ4n) is 5.16. The first kappa shape index (κ1) is 27.6. The highest BCUT2D eigenvalue weighted by Gasteiger charge is 2.52. The molecule has 1 aliphatic carbocycles. The number of likely N-dealkylation sites (tertiary alicyclic amines) is 1. The van der Waals surface area contributed by atoms with Crippen LogP contribution in [0.25, 0.3) is 0 Å². The third-order valence-electron chi connectivity index (χ3n) is 8.00. The van der Waals surface area contributed by atoms with Crippen molar-refractivity contribution < 1.29 is 14.4 Å². The maximum Gasteiger partial charge on any atom is 0.325 e. The van der Waals surface area contributed by atoms with Gasteiger partial charge in [-0.15, -0.1) is 12.4 Å². The first-order valence-corrected chi connectivity index (χ1v) is 13.5. The highest BCUT2D eigenvalue weighted by atomic mass is 79.9. The lowest BCUT2D eigenvalue weighted by Gasteiger charge is -2.38. The summed E-state index contributed by atoms with van der Waals surface area (Å²) in [6.45, 7) is 4.58. The van der Waals surface area contributed by atoms with Gasteiger partial charge in [-0.05, 0) is 55.4 Å². The van der Waals surface area contributed by atoms with Gasteiger partial charge in [0.1, 0.15) is 5.54 Å². The van der Waals surface area contributed by atoms with Crippen molar-refractivity contribution >= 4 is 46.2 Å². The number of nitrogens with zero attached hydrogens (tertiary/aromatic N) is 2. The second kappa shape index (κ2) is 11.1. The van der Waals surface area contributed by atoms with Gasteiger partial charge in [0.2, 0.25) is 5.91 Å². The molecule has 2 aromatic carbocycles. The number of urea groups is 1. The van der Waals surface area contributed by atoms with Gasteiger partial charge in [0.15, 0.2) is 0 Å². The molecule has 3 fully saturated rings. The Balaban J connectivity index is 0.00000320. The SMILES string of the molecule is CC1(C(=O)N[C@@H](CCN2CCC3(CC2)NC(=O)N(Cc2ccc(Br)cc2)C3=O)c2ccccc2)CC1.Cl. The number of benzene rings is 2. The Bertz CT molecular complexity index is 1130. The van der Waals surface area contributed by atoms with Crippen molar-refractivity contribution in [1.82, 2.24) is 20.4 Å². The van der Waals surface area contributed by atoms with Crippen molar-refractivity contribution in [3.8, 4) is 0 Å². The molecule has 7 nitrogen and oxygen atoms in total. The fraction of sp³-hybridized carbons (Fsp3) is 0.464. The third-order valence-corrected chi connectivity index (χ3v) is 8.53. The van der Waals surface area contributed by atoms with E-state index >= 15 is 0 Å². The Morgan fingerprint density at radius 3 is 2.30 bits per heavy atom. The monoisotopic (exact) mass is 588 g/mol. The third kappa shape index (κ3) is 6.02. The van der Waals surface area contributed by atoms with Gasteiger partial charge in [-0.2, -0.15) is 0 Å². The molecule has 4 amide bonds. The molecule has 9 heteroatoms. The molecule has 3 aliphatic rings. The summed E-state index contributed by atoms with van der Waals surface area (Å²) in [6.07, 6.45) is 3.89. The molecule has 5 rings (SSSR count). The Morgan fingerprint density at radius 1 is 1.03 bits per heavy atom. The minimum atomic E-state index is -0.809. The zero-order valence-electron chi connectivity index (χ0n) is 21.0. The Hall–Kier alpha value is -2.42. The van der Waals surface area contributed by atoms with Gasteiger partial charge in [0.25, 0.3) is 5.91 Å². The molecule has 198 valence electrons. The number of piperidine rings is 1. The van der Waals surface area contributed by atoms with Crippen molar-refractivity contribution in [2.24, 2.45) is 5.41 Å². The zero-order valence-corrected chi connectivity index (χ0v) is 23.4. The quantitative estimate of drug-likeness (QED) is 0.433. The lowest BCUT2D eigenvalue weighted by molar-refractivity contribution is -0.133. The second-order valence-corrected chi connectivity index (χ2v) is 11.6. The van der Waals surface area contributed by atoms with Gasteiger partial charge >= 0.3 is 6.03 Å². The minimum absolute atomic E-state index is 0. The van der Waals surface area contributed by atoms with Gasteiger partial charge in [0.05, 0.1) is 12.6 Å². The van der Waals surface area contributed by atoms with Gasteiger partial charge < -0.3 is 15.5 Å². The number of hydrogen-bond acceptors (Lipinski definition) is 4. The lowest BCUT2D eigenvalue weighted by atomic mass is 9.87. The van der Waals surface area contributed by atoms with Crippen molar-refractivity contribution in [1.29, 1.82) is 0 Å². The normalized spacial score (nSPS) is 20.8. The summed E-state index contributed by atoms with van der Waals surface area (Å²) in [4.78, 5) is 42.5. The summed E-state index contributed by atoms with van der Waals surface area (Å²) >= 11 is 3.42. The van der Waals surface area contributed by atoms with Crippen molar-refractivity contribution in [2.45, 2.75) is 57.2 Å². The fourth-order valence-corrected chi connectivity index (χ4v) is 5.42. The average molecular weight is 590 g/mol. The summed E-state index contributed by atoms with van der Waals surface area (Å²) < 4.78 is 0.961. The Morgan fingerprint density at radius 2 is 1.68 bits per heavy atom. The molecule has 2 saturated heterocycles. The maximum atomic E-state index is 13.3. The predicted molar refractivity (Wildman–Crippen MR) is 148 cm³/mol. The van der Waals surface area contributed by atoms with Crippen molar-refractivity contribution in [3.63, 3.8) is 0 Å². The van der Waals surface area contributed by atoms with Gasteiger partial charge in [-0.1, -0.05) is 65.3 Å². The summed E-state index contributed by atoms with van der Waals surface area (Å²) in [7, 11) is 0. The number of carbonyl (C=O) groups excluding carboxylic acids is 3. The number of nitrogens with one attached hydrogen (secondary N) is 2. The molecule has 2 aromatic rings. The number of rotatable bonds is 8. The molecule has 2 heterocycles. The van der Waals surface area contributed by atoms with Crippen LogP contribution in [-0.4, -0.2) is 52.8 Å². The van der Waals surface area contributed by atoms with E-state index in [1.165, 1.54) is 4.90 Å². The van der Waals surface area contributed by atoms with Crippen LogP contribution in [0.4, 0.5) is 4.79 Å². The topological polar surface area (TPSA) is 81.8 Å². The van der Waals surface area contributed by atoms with E-state index in [1.807, 2.05) is 49.4 Å². The molecule has 2 N–H and O–H groups in total. The molecule has 0 bridgehead atoms. The van der Waals surface area contributed by atoms with Crippen LogP contribution in [0.15, 0.2) is 59.1 Å². The molecule has 37 heavy (non-hydrogen) atoms. The minimum Gasteiger partial charge on any atom is -0.349 e. The van der Waals surface area contributed by atoms with Crippen molar-refractivity contribution in [3.05, 3.63) is 70.2 Å². The van der Waals surface area contributed by atoms with Crippen LogP contribution in [0.1, 0.15) is 56.2 Å². The second-order valence-electron chi connectivity index (χ2n) is 10.7. The maximum absolute atomic E-state index is 13.3. The molecular formula is C28H34BrClN4O3. The molecule has 1 spiro atoms. The molecular weight excluding hydrogens is 556 g/mol. The van der Waals surface area contributed by atoms with Gasteiger partial charge in [0, 0.05) is 29.5 Å². The van der Waals surface area contributed by atoms with E-state index in [-0.39, 0.29) is 48.3 Å². The summed E-state index contributed by atoms with van der Waals surface area (Å²) in [5.41, 5.74) is 1.01. The Kier molecular flexibility index (Phi) is 8.31. The molecule has 1 atom stereocenters. The summed E-state index contributed by atoms with van der Waals surface area (Å²) in [5, 5.41) is 6.29. The number of imide groups is 1. The van der Waals surface area contributed by atoms with E-state index < -0.39 is 5.54 Å². The average Bonchev–Trinajstić information content (AvgIpc) is 3.60. The van der Waals surface area contributed by atoms with Crippen LogP contribution in [0.2, 0.25) is 0 Å². The first-order valence-electron chi connectivity index (χ1n) is 12.7. The number of amides is 4. The number of carbonyl (C=O) groups is 3. The van der Waals surface area contributed by atoms with Gasteiger partial charge in [-0.3, -0.25) is 14.5 Å². The molecule has 0 unspecified atom stereocenters. The highest BCUT2D eigenvalue weighted by Crippen LogP contribution is 2.45. The largest absolute Gasteiger partial charge is 0.349 e. The first-order chi connectivity index (χ1) is 17.3. The van der Waals surface area contributed by atoms with E-state index in [1.54, 1.807) is 0 Å². The van der Waals surface area contributed by atoms with Crippen LogP contribution in [0.5, 0.6) is 0 Å². The number of hydrogen-bond donors (Lipinski definition) is 2. The summed E-state index contributed by atoms with van der Waals surface area (Å²) in [5.74, 6) is 0.0150. The Labute approximate surface area is 232 Å².